The van der Waals surface area contributed by atoms with E-state index in [1.54, 1.807) is 0 Å². The summed E-state index contributed by atoms with van der Waals surface area (Å²) in [4.78, 5) is 24.9. The maximum Gasteiger partial charge on any atom is 0.303 e. The van der Waals surface area contributed by atoms with Crippen molar-refractivity contribution in [1.29, 1.82) is 0 Å². The molecule has 0 bridgehead atoms. The Kier molecular flexibility index (Phi) is 6.03. The van der Waals surface area contributed by atoms with Gasteiger partial charge >= 0.3 is 5.97 Å². The number of hydrogen-bond donors (Lipinski definition) is 2. The summed E-state index contributed by atoms with van der Waals surface area (Å²) >= 11 is 0. The third-order valence-corrected chi connectivity index (χ3v) is 10.5. The second kappa shape index (κ2) is 8.98. The zero-order valence-corrected chi connectivity index (χ0v) is 23.5. The van der Waals surface area contributed by atoms with E-state index in [0.29, 0.717) is 43.2 Å². The van der Waals surface area contributed by atoms with Crippen LogP contribution in [0.25, 0.3) is 0 Å². The molecular weight excluding hydrogens is 494 g/mol. The summed E-state index contributed by atoms with van der Waals surface area (Å²) in [5, 5.41) is 14.5. The van der Waals surface area contributed by atoms with Gasteiger partial charge in [-0.3, -0.25) is 9.59 Å². The Labute approximate surface area is 230 Å². The number of fused-ring (bicyclic) bond motifs is 3. The predicted octanol–water partition coefficient (Wildman–Crippen LogP) is 4.96. The molecule has 208 valence electrons. The topological polar surface area (TPSA) is 94.1 Å². The highest BCUT2D eigenvalue weighted by atomic mass is 16.6. The largest absolute Gasteiger partial charge is 0.488 e. The van der Waals surface area contributed by atoms with Crippen LogP contribution in [0.3, 0.4) is 0 Å². The van der Waals surface area contributed by atoms with Crippen LogP contribution >= 0.6 is 0 Å². The monoisotopic (exact) mass is 533 g/mol. The predicted molar refractivity (Wildman–Crippen MR) is 145 cm³/mol. The number of carbonyl (C=O) groups is 2. The number of esters is 1. The van der Waals surface area contributed by atoms with Crippen LogP contribution in [0.1, 0.15) is 80.9 Å². The SMILES string of the molecule is CC(=O)O[C@H]1[C@@H](O)C[C@@]23Oc4c(c(OCc5ccccc5)cc5c4CNC5=O)C[C@]2(C)[C@@H](C)CC[C@H]3C1(C)C. The molecule has 2 saturated carbocycles. The molecule has 39 heavy (non-hydrogen) atoms. The molecule has 1 spiro atoms. The van der Waals surface area contributed by atoms with E-state index in [1.165, 1.54) is 6.92 Å². The molecule has 2 aliphatic carbocycles. The molecule has 7 heteroatoms. The summed E-state index contributed by atoms with van der Waals surface area (Å²) in [7, 11) is 0. The van der Waals surface area contributed by atoms with Crippen molar-refractivity contribution in [3.8, 4) is 11.5 Å². The quantitative estimate of drug-likeness (QED) is 0.540. The van der Waals surface area contributed by atoms with E-state index in [9.17, 15) is 14.7 Å². The highest BCUT2D eigenvalue weighted by Gasteiger charge is 2.70. The summed E-state index contributed by atoms with van der Waals surface area (Å²) in [5.41, 5.74) is 2.00. The molecule has 0 radical (unpaired) electrons. The van der Waals surface area contributed by atoms with E-state index in [0.717, 1.165) is 35.3 Å². The van der Waals surface area contributed by atoms with Crippen molar-refractivity contribution in [1.82, 2.24) is 5.32 Å². The van der Waals surface area contributed by atoms with Crippen LogP contribution in [-0.4, -0.2) is 34.8 Å². The summed E-state index contributed by atoms with van der Waals surface area (Å²) in [6.45, 7) is 11.0. The molecule has 6 atom stereocenters. The molecule has 2 aromatic rings. The molecule has 6 rings (SSSR count). The van der Waals surface area contributed by atoms with Crippen molar-refractivity contribution in [3.63, 3.8) is 0 Å². The molecular formula is C32H39NO6. The first-order valence-electron chi connectivity index (χ1n) is 14.2. The molecule has 0 unspecified atom stereocenters. The fraction of sp³-hybridized carbons (Fsp3) is 0.562. The van der Waals surface area contributed by atoms with Crippen LogP contribution in [0, 0.1) is 22.7 Å². The van der Waals surface area contributed by atoms with Crippen LogP contribution in [0.4, 0.5) is 0 Å². The molecule has 0 aromatic heterocycles. The number of benzene rings is 2. The molecule has 0 saturated heterocycles. The summed E-state index contributed by atoms with van der Waals surface area (Å²) in [5.74, 6) is 1.27. The summed E-state index contributed by atoms with van der Waals surface area (Å²) in [6.07, 6.45) is 1.53. The number of hydrogen-bond acceptors (Lipinski definition) is 6. The normalized spacial score (nSPS) is 33.9. The van der Waals surface area contributed by atoms with Gasteiger partial charge in [0.1, 0.15) is 29.8 Å². The van der Waals surface area contributed by atoms with E-state index in [-0.39, 0.29) is 23.2 Å². The summed E-state index contributed by atoms with van der Waals surface area (Å²) < 4.78 is 19.4. The number of aliphatic hydroxyl groups is 1. The van der Waals surface area contributed by atoms with Crippen molar-refractivity contribution in [2.24, 2.45) is 22.7 Å². The van der Waals surface area contributed by atoms with E-state index in [4.69, 9.17) is 14.2 Å². The Bertz CT molecular complexity index is 1320. The lowest BCUT2D eigenvalue weighted by Gasteiger charge is -2.67. The number of nitrogens with one attached hydrogen (secondary N) is 1. The van der Waals surface area contributed by atoms with Gasteiger partial charge in [0.2, 0.25) is 0 Å². The van der Waals surface area contributed by atoms with Gasteiger partial charge < -0.3 is 24.6 Å². The third kappa shape index (κ3) is 3.80. The van der Waals surface area contributed by atoms with Crippen LogP contribution < -0.4 is 14.8 Å². The summed E-state index contributed by atoms with van der Waals surface area (Å²) in [6, 6.07) is 11.9. The van der Waals surface area contributed by atoms with Gasteiger partial charge in [0.25, 0.3) is 5.91 Å². The average molecular weight is 534 g/mol. The number of carbonyl (C=O) groups excluding carboxylic acids is 2. The molecule has 1 amide bonds. The van der Waals surface area contributed by atoms with Crippen LogP contribution in [0.15, 0.2) is 36.4 Å². The number of amides is 1. The Hall–Kier alpha value is -3.06. The number of ether oxygens (including phenoxy) is 3. The fourth-order valence-electron chi connectivity index (χ4n) is 8.27. The number of rotatable bonds is 4. The Morgan fingerprint density at radius 3 is 2.62 bits per heavy atom. The Balaban J connectivity index is 1.48. The van der Waals surface area contributed by atoms with E-state index in [1.807, 2.05) is 36.4 Å². The fourth-order valence-corrected chi connectivity index (χ4v) is 8.27. The first-order valence-corrected chi connectivity index (χ1v) is 14.2. The minimum absolute atomic E-state index is 0.0432. The molecule has 4 aliphatic rings. The lowest BCUT2D eigenvalue weighted by Crippen LogP contribution is -2.73. The minimum atomic E-state index is -0.864. The maximum absolute atomic E-state index is 12.8. The molecule has 2 aliphatic heterocycles. The van der Waals surface area contributed by atoms with Crippen LogP contribution in [-0.2, 0) is 29.1 Å². The van der Waals surface area contributed by atoms with E-state index >= 15 is 0 Å². The highest BCUT2D eigenvalue weighted by molar-refractivity contribution is 6.00. The first-order chi connectivity index (χ1) is 18.5. The molecule has 2 aromatic carbocycles. The van der Waals surface area contributed by atoms with Crippen LogP contribution in [0.5, 0.6) is 11.5 Å². The zero-order valence-electron chi connectivity index (χ0n) is 23.5. The lowest BCUT2D eigenvalue weighted by atomic mass is 9.43. The van der Waals surface area contributed by atoms with Gasteiger partial charge in [-0.2, -0.15) is 0 Å². The Morgan fingerprint density at radius 2 is 1.90 bits per heavy atom. The second-order valence-corrected chi connectivity index (χ2v) is 12.9. The van der Waals surface area contributed by atoms with Gasteiger partial charge in [0.15, 0.2) is 0 Å². The van der Waals surface area contributed by atoms with Gasteiger partial charge in [-0.25, -0.2) is 0 Å². The van der Waals surface area contributed by atoms with Crippen molar-refractivity contribution in [3.05, 3.63) is 58.7 Å². The van der Waals surface area contributed by atoms with Crippen LogP contribution in [0.2, 0.25) is 0 Å². The zero-order chi connectivity index (χ0) is 27.7. The van der Waals surface area contributed by atoms with Crippen molar-refractivity contribution in [2.45, 2.75) is 91.3 Å². The van der Waals surface area contributed by atoms with Gasteiger partial charge in [-0.05, 0) is 36.8 Å². The third-order valence-electron chi connectivity index (χ3n) is 10.5. The van der Waals surface area contributed by atoms with Gasteiger partial charge in [-0.1, -0.05) is 58.0 Å². The molecule has 2 fully saturated rings. The standard InChI is InChI=1S/C32H39NO6/c1-18-11-12-26-30(3,4)28(38-19(2)34)24(35)15-32(26)31(18,5)14-22-25(37-17-20-9-7-6-8-10-20)13-21-23(27(22)39-32)16-33-29(21)36/h6-10,13,18,24,26,28,35H,11-12,14-17H2,1-5H3,(H,33,36)/t18-,24-,26-,28-,31+,32-/m0/s1. The van der Waals surface area contributed by atoms with Gasteiger partial charge in [0, 0.05) is 47.8 Å². The van der Waals surface area contributed by atoms with E-state index in [2.05, 4.69) is 33.0 Å². The average Bonchev–Trinajstić information content (AvgIpc) is 3.26. The molecule has 2 heterocycles. The molecule has 2 N–H and O–H groups in total. The van der Waals surface area contributed by atoms with Crippen molar-refractivity contribution in [2.75, 3.05) is 0 Å². The van der Waals surface area contributed by atoms with Gasteiger partial charge in [0.05, 0.1) is 11.7 Å². The molecule has 7 nitrogen and oxygen atoms in total. The van der Waals surface area contributed by atoms with Crippen molar-refractivity contribution < 1.29 is 28.9 Å². The second-order valence-electron chi connectivity index (χ2n) is 12.9. The smallest absolute Gasteiger partial charge is 0.303 e. The lowest BCUT2D eigenvalue weighted by molar-refractivity contribution is -0.264. The van der Waals surface area contributed by atoms with E-state index < -0.39 is 23.2 Å². The van der Waals surface area contributed by atoms with Gasteiger partial charge in [-0.15, -0.1) is 0 Å². The maximum atomic E-state index is 12.8. The number of aliphatic hydroxyl groups excluding tert-OH is 1. The van der Waals surface area contributed by atoms with Crippen molar-refractivity contribution >= 4 is 11.9 Å². The minimum Gasteiger partial charge on any atom is -0.488 e. The Morgan fingerprint density at radius 1 is 1.15 bits per heavy atom. The first kappa shape index (κ1) is 26.2. The highest BCUT2D eigenvalue weighted by Crippen LogP contribution is 2.67.